The van der Waals surface area contributed by atoms with Crippen LogP contribution in [0.2, 0.25) is 0 Å². The molecule has 0 amide bonds. The smallest absolute Gasteiger partial charge is 0.000673 e. The molecule has 0 saturated heterocycles. The van der Waals surface area contributed by atoms with Crippen LogP contribution < -0.4 is 0 Å². The average molecular weight is 919 g/mol. The first-order valence-electron chi connectivity index (χ1n) is 26.2. The third-order valence-electron chi connectivity index (χ3n) is 17.5. The van der Waals surface area contributed by atoms with Gasteiger partial charge >= 0.3 is 0 Å². The first-order valence-corrected chi connectivity index (χ1v) is 26.2. The summed E-state index contributed by atoms with van der Waals surface area (Å²) in [6.07, 6.45) is 0. The van der Waals surface area contributed by atoms with E-state index in [0.29, 0.717) is 0 Å². The minimum Gasteiger partial charge on any atom is -0.0616 e. The maximum absolute atomic E-state index is 2.61. The van der Waals surface area contributed by atoms with Gasteiger partial charge in [-0.15, -0.1) is 0 Å². The quantitative estimate of drug-likeness (QED) is 0.133. The zero-order valence-electron chi connectivity index (χ0n) is 42.6. The molecule has 16 rings (SSSR count). The molecule has 0 bridgehead atoms. The van der Waals surface area contributed by atoms with Gasteiger partial charge in [0.05, 0.1) is 0 Å². The Kier molecular flexibility index (Phi) is 7.48. The van der Waals surface area contributed by atoms with Crippen LogP contribution in [-0.4, -0.2) is 0 Å². The van der Waals surface area contributed by atoms with E-state index >= 15 is 0 Å². The topological polar surface area (TPSA) is 0 Å². The van der Waals surface area contributed by atoms with Crippen molar-refractivity contribution >= 4 is 162 Å². The third kappa shape index (κ3) is 5.08. The predicted molar refractivity (Wildman–Crippen MR) is 319 cm³/mol. The van der Waals surface area contributed by atoms with Crippen LogP contribution in [0.15, 0.2) is 164 Å². The molecule has 0 nitrogen and oxygen atoms in total. The van der Waals surface area contributed by atoms with E-state index in [0.717, 1.165) is 0 Å². The average Bonchev–Trinajstić information content (AvgIpc) is 3.99. The van der Waals surface area contributed by atoms with Gasteiger partial charge in [0.15, 0.2) is 0 Å². The van der Waals surface area contributed by atoms with Crippen molar-refractivity contribution in [3.63, 3.8) is 0 Å². The van der Waals surface area contributed by atoms with E-state index in [4.69, 9.17) is 0 Å². The molecule has 0 aliphatic heterocycles. The van der Waals surface area contributed by atoms with Gasteiger partial charge in [0.1, 0.15) is 0 Å². The Morgan fingerprint density at radius 2 is 0.389 bits per heavy atom. The Bertz CT molecular complexity index is 4570. The Morgan fingerprint density at radius 3 is 0.639 bits per heavy atom. The number of rotatable bonds is 0. The molecule has 0 aliphatic carbocycles. The molecule has 0 atom stereocenters. The van der Waals surface area contributed by atoms with Crippen molar-refractivity contribution in [2.45, 2.75) is 78.6 Å². The largest absolute Gasteiger partial charge is 0.0616 e. The van der Waals surface area contributed by atoms with Gasteiger partial charge in [0.25, 0.3) is 0 Å². The molecule has 16 aromatic carbocycles. The monoisotopic (exact) mass is 918 g/mol. The van der Waals surface area contributed by atoms with Crippen molar-refractivity contribution in [2.24, 2.45) is 0 Å². The van der Waals surface area contributed by atoms with Gasteiger partial charge in [-0.2, -0.15) is 0 Å². The summed E-state index contributed by atoms with van der Waals surface area (Å²) >= 11 is 0. The first kappa shape index (κ1) is 40.9. The Labute approximate surface area is 418 Å². The van der Waals surface area contributed by atoms with E-state index in [2.05, 4.69) is 226 Å². The minimum absolute atomic E-state index is 0.0889. The number of hydrogen-bond acceptors (Lipinski definition) is 0. The normalized spacial score (nSPS) is 13.6. The van der Waals surface area contributed by atoms with Crippen LogP contribution in [-0.2, 0) is 16.2 Å². The Morgan fingerprint density at radius 1 is 0.181 bits per heavy atom. The van der Waals surface area contributed by atoms with Crippen molar-refractivity contribution in [3.05, 3.63) is 180 Å². The van der Waals surface area contributed by atoms with Gasteiger partial charge in [0, 0.05) is 0 Å². The van der Waals surface area contributed by atoms with Crippen molar-refractivity contribution < 1.29 is 0 Å². The standard InChI is InChI=1S/C72H54/c1-70(2,3)43-31-52-58-40(25-22-37-16-10-13-19-46(37)58)28-49-61(52)55(34-43)67-64(49)68-57-36-45(72(7,8)9)33-54-60-42(27-24-39-18-12-15-21-48(39)60)30-51(63(54)57)66(68)69-56-35-44(71(4,5)6)32-53-59-41(29-50(62(53)56)65(67)69)26-23-38-17-11-14-20-47(38)59/h10-36H,1-9H3. The predicted octanol–water partition coefficient (Wildman–Crippen LogP) is 21.2. The summed E-state index contributed by atoms with van der Waals surface area (Å²) < 4.78 is 0. The molecular weight excluding hydrogens is 865 g/mol. The molecule has 0 spiro atoms. The van der Waals surface area contributed by atoms with Gasteiger partial charge in [-0.3, -0.25) is 0 Å². The van der Waals surface area contributed by atoms with Crippen LogP contribution in [0.1, 0.15) is 79.0 Å². The third-order valence-corrected chi connectivity index (χ3v) is 17.5. The van der Waals surface area contributed by atoms with Gasteiger partial charge in [-0.1, -0.05) is 172 Å². The van der Waals surface area contributed by atoms with Crippen molar-refractivity contribution in [1.29, 1.82) is 0 Å². The summed E-state index contributed by atoms with van der Waals surface area (Å²) in [6.45, 7) is 21.6. The second-order valence-corrected chi connectivity index (χ2v) is 24.8. The molecule has 16 aromatic rings. The van der Waals surface area contributed by atoms with Gasteiger partial charge < -0.3 is 0 Å². The highest BCUT2D eigenvalue weighted by molar-refractivity contribution is 6.58. The lowest BCUT2D eigenvalue weighted by Gasteiger charge is -2.21. The molecule has 0 radical (unpaired) electrons. The maximum Gasteiger partial charge on any atom is -0.000673 e. The van der Waals surface area contributed by atoms with Crippen LogP contribution in [0.3, 0.4) is 0 Å². The fourth-order valence-corrected chi connectivity index (χ4v) is 14.0. The minimum atomic E-state index is -0.0889. The summed E-state index contributed by atoms with van der Waals surface area (Å²) in [5.41, 5.74) is 3.85. The summed E-state index contributed by atoms with van der Waals surface area (Å²) in [6, 6.07) is 64.6. The molecule has 0 heterocycles. The molecule has 0 aromatic heterocycles. The Balaban J connectivity index is 1.30. The van der Waals surface area contributed by atoms with E-state index < -0.39 is 0 Å². The van der Waals surface area contributed by atoms with E-state index in [1.54, 1.807) is 0 Å². The van der Waals surface area contributed by atoms with Crippen LogP contribution in [0, 0.1) is 0 Å². The fourth-order valence-electron chi connectivity index (χ4n) is 14.0. The van der Waals surface area contributed by atoms with E-state index in [1.165, 1.54) is 178 Å². The molecule has 72 heavy (non-hydrogen) atoms. The SMILES string of the molecule is CC(C)(C)c1cc2c3c(ccc4ccccc43)cc3c2c(c1)c1c2c4cc5ccc6ccccc6c5c5cc(C(C)(C)C)cc(c54)c2c2c4cc5ccc6ccccc6c5c5cc(C(C)(C)C)cc(c54)c2c31. The zero-order valence-corrected chi connectivity index (χ0v) is 42.6. The van der Waals surface area contributed by atoms with Crippen molar-refractivity contribution in [3.8, 4) is 0 Å². The van der Waals surface area contributed by atoms with Crippen molar-refractivity contribution in [1.82, 2.24) is 0 Å². The van der Waals surface area contributed by atoms with Crippen LogP contribution in [0.5, 0.6) is 0 Å². The summed E-state index contributed by atoms with van der Waals surface area (Å²) in [4.78, 5) is 0. The molecule has 0 unspecified atom stereocenters. The van der Waals surface area contributed by atoms with E-state index in [-0.39, 0.29) is 16.2 Å². The molecule has 0 N–H and O–H groups in total. The molecule has 0 aliphatic rings. The van der Waals surface area contributed by atoms with Crippen LogP contribution >= 0.6 is 0 Å². The lowest BCUT2D eigenvalue weighted by atomic mass is 9.83. The number of hydrogen-bond donors (Lipinski definition) is 0. The highest BCUT2D eigenvalue weighted by Crippen LogP contribution is 2.59. The zero-order chi connectivity index (χ0) is 48.6. The summed E-state index contributed by atoms with van der Waals surface area (Å²) in [7, 11) is 0. The highest BCUT2D eigenvalue weighted by atomic mass is 14.3. The highest BCUT2D eigenvalue weighted by Gasteiger charge is 2.32. The van der Waals surface area contributed by atoms with Gasteiger partial charge in [0.2, 0.25) is 0 Å². The van der Waals surface area contributed by atoms with Crippen molar-refractivity contribution in [2.75, 3.05) is 0 Å². The number of benzene rings is 13. The fraction of sp³-hybridized carbons (Fsp3) is 0.167. The molecule has 0 heteroatoms. The van der Waals surface area contributed by atoms with Crippen LogP contribution in [0.4, 0.5) is 0 Å². The van der Waals surface area contributed by atoms with E-state index in [9.17, 15) is 0 Å². The molecule has 342 valence electrons. The summed E-state index contributed by atoms with van der Waals surface area (Å²) in [5, 5.41) is 40.7. The molecular formula is C72H54. The lowest BCUT2D eigenvalue weighted by molar-refractivity contribution is 0.591. The lowest BCUT2D eigenvalue weighted by Crippen LogP contribution is -2.10. The second kappa shape index (κ2) is 13.2. The molecule has 0 saturated carbocycles. The number of fused-ring (bicyclic) bond motifs is 24. The first-order chi connectivity index (χ1) is 34.6. The molecule has 0 fully saturated rings. The van der Waals surface area contributed by atoms with E-state index in [1.807, 2.05) is 0 Å². The van der Waals surface area contributed by atoms with Crippen LogP contribution in [0.25, 0.3) is 162 Å². The maximum atomic E-state index is 2.61. The second-order valence-electron chi connectivity index (χ2n) is 24.8. The van der Waals surface area contributed by atoms with Gasteiger partial charge in [-0.05, 0) is 249 Å². The summed E-state index contributed by atoms with van der Waals surface area (Å²) in [5.74, 6) is 0. The van der Waals surface area contributed by atoms with Gasteiger partial charge in [-0.25, -0.2) is 0 Å². The Hall–Kier alpha value is -7.80.